The molecule has 1 aromatic heterocycles. The first-order valence-corrected chi connectivity index (χ1v) is 17.6. The number of piperazine rings is 1. The second-order valence-corrected chi connectivity index (χ2v) is 14.6. The van der Waals surface area contributed by atoms with Gasteiger partial charge in [0.1, 0.15) is 11.6 Å². The van der Waals surface area contributed by atoms with E-state index in [0.717, 1.165) is 11.2 Å². The maximum absolute atomic E-state index is 13.5. The van der Waals surface area contributed by atoms with Crippen molar-refractivity contribution in [3.63, 3.8) is 0 Å². The second-order valence-electron chi connectivity index (χ2n) is 12.7. The minimum absolute atomic E-state index is 0.0111. The third-order valence-electron chi connectivity index (χ3n) is 9.54. The van der Waals surface area contributed by atoms with Crippen molar-refractivity contribution in [3.8, 4) is 5.75 Å². The number of carbonyl (C=O) groups is 5. The summed E-state index contributed by atoms with van der Waals surface area (Å²) < 4.78 is 38.8. The molecule has 17 nitrogen and oxygen atoms in total. The van der Waals surface area contributed by atoms with Gasteiger partial charge in [0.15, 0.2) is 5.69 Å². The van der Waals surface area contributed by atoms with Crippen LogP contribution in [0.15, 0.2) is 29.1 Å². The first-order chi connectivity index (χ1) is 23.2. The average Bonchev–Trinajstić information content (AvgIpc) is 3.33. The maximum atomic E-state index is 13.5. The van der Waals surface area contributed by atoms with Crippen LogP contribution in [0.1, 0.15) is 47.6 Å². The molecule has 3 N–H and O–H groups in total. The topological polar surface area (TPSA) is 212 Å². The Morgan fingerprint density at radius 1 is 0.980 bits per heavy atom. The number of nitrogens with one attached hydrogen (secondary N) is 2. The van der Waals surface area contributed by atoms with Gasteiger partial charge in [-0.3, -0.25) is 23.7 Å². The Morgan fingerprint density at radius 3 is 2.22 bits per heavy atom. The summed E-state index contributed by atoms with van der Waals surface area (Å²) in [6.07, 6.45) is 2.68. The van der Waals surface area contributed by atoms with Crippen molar-refractivity contribution in [2.75, 3.05) is 45.5 Å². The van der Waals surface area contributed by atoms with Crippen molar-refractivity contribution in [2.24, 2.45) is 5.92 Å². The zero-order valence-electron chi connectivity index (χ0n) is 26.6. The zero-order valence-corrected chi connectivity index (χ0v) is 27.4. The molecular formula is C30H35FN8O9S. The molecule has 5 heterocycles. The Bertz CT molecular complexity index is 1890. The standard InChI is InChI=1S/C30H35FN8O9S/c1-49(47,48)39-15-14-37(29(39)46)28(45)36-12-10-35(11-13-36)26(44)24(42)34-30-8-6-19(7-9-30)17-38-25(43)22(40)21(33-27(30)38)23(41)32-16-18-2-4-20(31)5-3-18/h2-5,19,40H,6-17H2,1H3,(H,32,41)(H,34,42). The number of hydrogen-bond acceptors (Lipinski definition) is 10. The van der Waals surface area contributed by atoms with E-state index < -0.39 is 68.2 Å². The summed E-state index contributed by atoms with van der Waals surface area (Å²) in [7, 11) is -3.83. The molecule has 1 aliphatic carbocycles. The molecular weight excluding hydrogens is 667 g/mol. The van der Waals surface area contributed by atoms with E-state index in [1.807, 2.05) is 0 Å². The van der Waals surface area contributed by atoms with Gasteiger partial charge >= 0.3 is 23.9 Å². The summed E-state index contributed by atoms with van der Waals surface area (Å²) in [5, 5.41) is 16.1. The molecule has 7 rings (SSSR count). The molecule has 4 aliphatic heterocycles. The quantitative estimate of drug-likeness (QED) is 0.340. The molecule has 0 atom stereocenters. The number of aromatic hydroxyl groups is 1. The largest absolute Gasteiger partial charge is 0.501 e. The molecule has 2 aromatic rings. The van der Waals surface area contributed by atoms with Gasteiger partial charge in [-0.2, -0.15) is 0 Å². The van der Waals surface area contributed by atoms with Gasteiger partial charge < -0.3 is 25.5 Å². The Labute approximate surface area is 279 Å². The van der Waals surface area contributed by atoms with Crippen molar-refractivity contribution in [1.82, 2.24) is 39.2 Å². The summed E-state index contributed by atoms with van der Waals surface area (Å²) in [5.74, 6) is -3.94. The lowest BCUT2D eigenvalue weighted by Crippen LogP contribution is -2.58. The number of imide groups is 1. The molecule has 1 aromatic carbocycles. The average molecular weight is 703 g/mol. The Morgan fingerprint density at radius 2 is 1.61 bits per heavy atom. The van der Waals surface area contributed by atoms with Crippen molar-refractivity contribution in [2.45, 2.75) is 44.3 Å². The normalized spacial score (nSPS) is 22.1. The van der Waals surface area contributed by atoms with Gasteiger partial charge in [-0.15, -0.1) is 0 Å². The van der Waals surface area contributed by atoms with E-state index in [4.69, 9.17) is 0 Å². The number of halogens is 1. The molecule has 49 heavy (non-hydrogen) atoms. The molecule has 262 valence electrons. The SMILES string of the molecule is CS(=O)(=O)N1CCN(C(=O)N2CCN(C(=O)C(=O)NC34CCC(CC3)Cn3c4nc(C(=O)NCc4ccc(F)cc4)c(O)c3=O)CC2)C1=O. The molecule has 19 heteroatoms. The van der Waals surface area contributed by atoms with Crippen molar-refractivity contribution >= 4 is 39.8 Å². The summed E-state index contributed by atoms with van der Waals surface area (Å²) in [6.45, 7) is -0.194. The second kappa shape index (κ2) is 12.8. The van der Waals surface area contributed by atoms with Crippen LogP contribution in [0.4, 0.5) is 14.0 Å². The minimum atomic E-state index is -3.83. The number of carbonyl (C=O) groups excluding carboxylic acids is 5. The summed E-state index contributed by atoms with van der Waals surface area (Å²) in [4.78, 5) is 86.6. The van der Waals surface area contributed by atoms with E-state index in [1.54, 1.807) is 0 Å². The van der Waals surface area contributed by atoms with Gasteiger partial charge in [0.05, 0.1) is 24.9 Å². The first kappa shape index (κ1) is 33.8. The minimum Gasteiger partial charge on any atom is -0.501 e. The zero-order chi connectivity index (χ0) is 35.2. The molecule has 0 radical (unpaired) electrons. The van der Waals surface area contributed by atoms with Crippen LogP contribution in [0, 0.1) is 11.7 Å². The highest BCUT2D eigenvalue weighted by atomic mass is 32.2. The van der Waals surface area contributed by atoms with E-state index in [-0.39, 0.29) is 64.1 Å². The number of sulfonamides is 1. The van der Waals surface area contributed by atoms with Crippen molar-refractivity contribution in [1.29, 1.82) is 0 Å². The lowest BCUT2D eigenvalue weighted by molar-refractivity contribution is -0.148. The summed E-state index contributed by atoms with van der Waals surface area (Å²) in [6, 6.07) is 3.74. The van der Waals surface area contributed by atoms with Crippen LogP contribution in [0.3, 0.4) is 0 Å². The number of aromatic nitrogens is 2. The maximum Gasteiger partial charge on any atom is 0.341 e. The van der Waals surface area contributed by atoms with Crippen LogP contribution in [-0.4, -0.2) is 117 Å². The predicted molar refractivity (Wildman–Crippen MR) is 167 cm³/mol. The highest BCUT2D eigenvalue weighted by molar-refractivity contribution is 7.88. The molecule has 2 bridgehead atoms. The van der Waals surface area contributed by atoms with Gasteiger partial charge in [0, 0.05) is 39.3 Å². The van der Waals surface area contributed by atoms with Gasteiger partial charge in [-0.05, 0) is 49.3 Å². The predicted octanol–water partition coefficient (Wildman–Crippen LogP) is -0.505. The highest BCUT2D eigenvalue weighted by Gasteiger charge is 2.47. The monoisotopic (exact) mass is 702 g/mol. The fourth-order valence-corrected chi connectivity index (χ4v) is 7.60. The summed E-state index contributed by atoms with van der Waals surface area (Å²) in [5.41, 5.74) is -2.12. The van der Waals surface area contributed by atoms with Gasteiger partial charge in [-0.1, -0.05) is 12.1 Å². The fraction of sp³-hybridized carbons (Fsp3) is 0.500. The van der Waals surface area contributed by atoms with Crippen LogP contribution in [0.25, 0.3) is 0 Å². The van der Waals surface area contributed by atoms with E-state index in [1.165, 1.54) is 38.6 Å². The van der Waals surface area contributed by atoms with Crippen molar-refractivity contribution < 1.29 is 41.9 Å². The Kier molecular flexibility index (Phi) is 8.80. The van der Waals surface area contributed by atoms with Crippen LogP contribution in [-0.2, 0) is 38.2 Å². The Balaban J connectivity index is 1.15. The number of rotatable bonds is 5. The number of hydrogen-bond donors (Lipinski definition) is 3. The molecule has 5 aliphatic rings. The molecule has 3 fully saturated rings. The van der Waals surface area contributed by atoms with Gasteiger partial charge in [-0.25, -0.2) is 36.6 Å². The first-order valence-electron chi connectivity index (χ1n) is 15.7. The number of amides is 7. The molecule has 2 saturated heterocycles. The van der Waals surface area contributed by atoms with Gasteiger partial charge in [0.2, 0.25) is 15.8 Å². The van der Waals surface area contributed by atoms with Crippen LogP contribution in [0.2, 0.25) is 0 Å². The van der Waals surface area contributed by atoms with Crippen LogP contribution in [0.5, 0.6) is 5.75 Å². The lowest BCUT2D eigenvalue weighted by atomic mass is 9.77. The van der Waals surface area contributed by atoms with E-state index in [0.29, 0.717) is 35.6 Å². The fourth-order valence-electron chi connectivity index (χ4n) is 6.81. The van der Waals surface area contributed by atoms with E-state index in [9.17, 15) is 46.7 Å². The lowest BCUT2D eigenvalue weighted by Gasteiger charge is -2.38. The number of fused-ring (bicyclic) bond motifs is 2. The highest BCUT2D eigenvalue weighted by Crippen LogP contribution is 2.43. The van der Waals surface area contributed by atoms with E-state index in [2.05, 4.69) is 15.6 Å². The van der Waals surface area contributed by atoms with Crippen LogP contribution < -0.4 is 16.2 Å². The Hall–Kier alpha value is -5.07. The molecule has 0 spiro atoms. The third kappa shape index (κ3) is 6.41. The van der Waals surface area contributed by atoms with E-state index >= 15 is 0 Å². The number of benzene rings is 1. The third-order valence-corrected chi connectivity index (χ3v) is 10.7. The molecule has 7 amide bonds. The van der Waals surface area contributed by atoms with Crippen LogP contribution >= 0.6 is 0 Å². The van der Waals surface area contributed by atoms with Gasteiger partial charge in [0.25, 0.3) is 11.5 Å². The van der Waals surface area contributed by atoms with Crippen molar-refractivity contribution in [3.05, 3.63) is 57.5 Å². The number of urea groups is 2. The number of nitrogens with zero attached hydrogens (tertiary/aromatic N) is 6. The molecule has 1 saturated carbocycles. The summed E-state index contributed by atoms with van der Waals surface area (Å²) >= 11 is 0. The molecule has 0 unspecified atom stereocenters. The smallest absolute Gasteiger partial charge is 0.341 e.